The Morgan fingerprint density at radius 3 is 2.61 bits per heavy atom. The molecule has 1 saturated heterocycles. The van der Waals surface area contributed by atoms with Gasteiger partial charge in [-0.25, -0.2) is 4.79 Å². The van der Waals surface area contributed by atoms with E-state index >= 15 is 0 Å². The summed E-state index contributed by atoms with van der Waals surface area (Å²) in [5.74, 6) is -0.605. The van der Waals surface area contributed by atoms with Gasteiger partial charge in [-0.15, -0.1) is 0 Å². The van der Waals surface area contributed by atoms with Crippen molar-refractivity contribution >= 4 is 50.8 Å². The first-order valence-electron chi connectivity index (χ1n) is 19.5. The molecule has 3 aromatic carbocycles. The highest BCUT2D eigenvalue weighted by Crippen LogP contribution is 2.48. The molecule has 6 aromatic rings. The molecule has 2 N–H and O–H groups in total. The smallest absolute Gasteiger partial charge is 0.408 e. The van der Waals surface area contributed by atoms with E-state index in [1.165, 1.54) is 12.3 Å². The molecule has 0 bridgehead atoms. The zero-order chi connectivity index (χ0) is 42.8. The maximum Gasteiger partial charge on any atom is 0.408 e. The number of pyridine rings is 1. The summed E-state index contributed by atoms with van der Waals surface area (Å²) in [6.45, 7) is 5.45. The van der Waals surface area contributed by atoms with Crippen molar-refractivity contribution in [3.05, 3.63) is 100 Å². The molecular formula is C43H41ClF3N7O6S. The number of halogens is 4. The topological polar surface area (TPSA) is 144 Å². The molecule has 1 unspecified atom stereocenters. The number of carboxylic acids is 1. The lowest BCUT2D eigenvalue weighted by Gasteiger charge is -2.32. The number of fused-ring (bicyclic) bond motifs is 2. The zero-order valence-electron chi connectivity index (χ0n) is 33.2. The lowest BCUT2D eigenvalue weighted by Crippen LogP contribution is -2.45. The van der Waals surface area contributed by atoms with Crippen molar-refractivity contribution in [2.45, 2.75) is 45.2 Å². The number of benzene rings is 3. The molecule has 8 rings (SSSR count). The van der Waals surface area contributed by atoms with Gasteiger partial charge in [0.25, 0.3) is 0 Å². The number of para-hydroxylation sites is 2. The molecule has 2 aliphatic rings. The van der Waals surface area contributed by atoms with E-state index in [0.29, 0.717) is 66.7 Å². The summed E-state index contributed by atoms with van der Waals surface area (Å²) in [5.41, 5.74) is 5.14. The Morgan fingerprint density at radius 1 is 1.02 bits per heavy atom. The number of anilines is 1. The van der Waals surface area contributed by atoms with Gasteiger partial charge in [0, 0.05) is 62.7 Å². The second-order valence-electron chi connectivity index (χ2n) is 15.0. The summed E-state index contributed by atoms with van der Waals surface area (Å²) in [4.78, 5) is 35.1. The number of nitrogens with zero attached hydrogens (tertiary/aromatic N) is 6. The van der Waals surface area contributed by atoms with E-state index in [1.54, 1.807) is 30.5 Å². The Hall–Kier alpha value is -5.75. The molecule has 13 nitrogen and oxygen atoms in total. The number of carbonyl (C=O) groups excluding carboxylic acids is 1. The summed E-state index contributed by atoms with van der Waals surface area (Å²) in [5, 5.41) is 18.2. The molecule has 1 amide bonds. The summed E-state index contributed by atoms with van der Waals surface area (Å²) in [6, 6.07) is 17.4. The van der Waals surface area contributed by atoms with Crippen LogP contribution in [0.1, 0.15) is 22.4 Å². The highest BCUT2D eigenvalue weighted by molar-refractivity contribution is 7.13. The number of ether oxygens (including phenoxy) is 3. The predicted octanol–water partition coefficient (Wildman–Crippen LogP) is 7.52. The lowest BCUT2D eigenvalue weighted by atomic mass is 9.92. The number of rotatable bonds is 15. The van der Waals surface area contributed by atoms with Crippen molar-refractivity contribution in [2.75, 3.05) is 51.7 Å². The van der Waals surface area contributed by atoms with E-state index < -0.39 is 24.8 Å². The monoisotopic (exact) mass is 875 g/mol. The van der Waals surface area contributed by atoms with Crippen LogP contribution in [0, 0.1) is 6.92 Å². The van der Waals surface area contributed by atoms with Gasteiger partial charge >= 0.3 is 12.1 Å². The van der Waals surface area contributed by atoms with Crippen LogP contribution in [-0.4, -0.2) is 105 Å². The summed E-state index contributed by atoms with van der Waals surface area (Å²) in [6.07, 6.45) is -3.02. The van der Waals surface area contributed by atoms with Crippen LogP contribution in [0.5, 0.6) is 17.4 Å². The van der Waals surface area contributed by atoms with E-state index in [1.807, 2.05) is 37.3 Å². The van der Waals surface area contributed by atoms with E-state index in [0.717, 1.165) is 54.5 Å². The normalized spacial score (nSPS) is 15.1. The van der Waals surface area contributed by atoms with Gasteiger partial charge in [0.05, 0.1) is 38.6 Å². The molecule has 0 aliphatic carbocycles. The molecule has 0 spiro atoms. The Kier molecular flexibility index (Phi) is 12.2. The number of carbonyl (C=O) groups is 2. The maximum atomic E-state index is 13.1. The number of carboxylic acid groups (broad SMARTS) is 1. The minimum Gasteiger partial charge on any atom is -0.491 e. The van der Waals surface area contributed by atoms with E-state index in [-0.39, 0.29) is 42.7 Å². The summed E-state index contributed by atoms with van der Waals surface area (Å²) in [7, 11) is 2.11. The van der Waals surface area contributed by atoms with Gasteiger partial charge in [0.2, 0.25) is 17.9 Å². The van der Waals surface area contributed by atoms with Gasteiger partial charge in [-0.05, 0) is 66.0 Å². The SMILES string of the molecule is Cc1c(-c2c(-c3cccc4c3NC(=O)C4)ncc3snc(OC(Cc4ccccc4OCc4ccnn4CC(F)(F)F)C(=O)O)c23)ccc(OCCN2CCN(C)CC2)c1Cl. The molecule has 5 heterocycles. The van der Waals surface area contributed by atoms with Gasteiger partial charge in [-0.3, -0.25) is 19.4 Å². The number of alkyl halides is 3. The van der Waals surface area contributed by atoms with Gasteiger partial charge in [-0.2, -0.15) is 22.6 Å². The largest absolute Gasteiger partial charge is 0.491 e. The van der Waals surface area contributed by atoms with Crippen LogP contribution < -0.4 is 19.5 Å². The Bertz CT molecular complexity index is 2590. The summed E-state index contributed by atoms with van der Waals surface area (Å²) < 4.78 is 63.9. The third-order valence-electron chi connectivity index (χ3n) is 10.8. The van der Waals surface area contributed by atoms with Crippen LogP contribution >= 0.6 is 23.1 Å². The van der Waals surface area contributed by atoms with Crippen LogP contribution in [0.15, 0.2) is 73.1 Å². The fraction of sp³-hybridized carbons (Fsp3) is 0.326. The molecule has 0 saturated carbocycles. The molecule has 318 valence electrons. The number of aromatic nitrogens is 4. The van der Waals surface area contributed by atoms with Crippen molar-refractivity contribution in [3.63, 3.8) is 0 Å². The van der Waals surface area contributed by atoms with E-state index in [2.05, 4.69) is 31.6 Å². The van der Waals surface area contributed by atoms with Crippen molar-refractivity contribution in [3.8, 4) is 39.8 Å². The molecule has 61 heavy (non-hydrogen) atoms. The fourth-order valence-electron chi connectivity index (χ4n) is 7.58. The maximum absolute atomic E-state index is 13.1. The van der Waals surface area contributed by atoms with Gasteiger partial charge in [-0.1, -0.05) is 54.1 Å². The van der Waals surface area contributed by atoms with Gasteiger partial charge in [0.1, 0.15) is 31.3 Å². The van der Waals surface area contributed by atoms with Crippen molar-refractivity contribution < 1.29 is 42.1 Å². The highest BCUT2D eigenvalue weighted by Gasteiger charge is 2.31. The number of hydrogen-bond donors (Lipinski definition) is 2. The quantitative estimate of drug-likeness (QED) is 0.106. The first-order chi connectivity index (χ1) is 29.3. The van der Waals surface area contributed by atoms with E-state index in [4.69, 9.17) is 30.8 Å². The Labute approximate surface area is 357 Å². The Morgan fingerprint density at radius 2 is 1.82 bits per heavy atom. The van der Waals surface area contributed by atoms with Crippen LogP contribution in [0.25, 0.3) is 32.5 Å². The number of amides is 1. The standard InChI is InChI=1S/C43H41ClF3N7O6S/c1-25-29(10-11-32(38(25)44)58-19-18-53-16-14-52(2)15-17-53)36-37-34(22-48-40(36)30-8-5-7-27-21-35(55)50-39(27)30)61-51-41(37)60-33(42(56)57)20-26-6-3-4-9-31(26)59-23-28-12-13-49-54(28)24-43(45,46)47/h3-13,22,33H,14-21,23-24H2,1-2H3,(H,50,55)(H,56,57). The van der Waals surface area contributed by atoms with Crippen molar-refractivity contribution in [1.82, 2.24) is 28.9 Å². The zero-order valence-corrected chi connectivity index (χ0v) is 34.7. The second-order valence-corrected chi connectivity index (χ2v) is 16.1. The minimum absolute atomic E-state index is 0.0418. The fourth-order valence-corrected chi connectivity index (χ4v) is 8.50. The number of hydrogen-bond acceptors (Lipinski definition) is 11. The molecule has 1 fully saturated rings. The third-order valence-corrected chi connectivity index (χ3v) is 12.0. The highest BCUT2D eigenvalue weighted by atomic mass is 35.5. The molecular weight excluding hydrogens is 835 g/mol. The predicted molar refractivity (Wildman–Crippen MR) is 225 cm³/mol. The van der Waals surface area contributed by atoms with Crippen LogP contribution in [0.3, 0.4) is 0 Å². The van der Waals surface area contributed by atoms with Crippen LogP contribution in [0.4, 0.5) is 18.9 Å². The number of nitrogens with one attached hydrogen (secondary N) is 1. The lowest BCUT2D eigenvalue weighted by molar-refractivity contribution is -0.145. The number of piperazine rings is 1. The molecule has 1 atom stereocenters. The first-order valence-corrected chi connectivity index (χ1v) is 20.7. The van der Waals surface area contributed by atoms with Crippen molar-refractivity contribution in [2.24, 2.45) is 0 Å². The minimum atomic E-state index is -4.48. The Balaban J connectivity index is 1.13. The van der Waals surface area contributed by atoms with Crippen LogP contribution in [-0.2, 0) is 35.6 Å². The van der Waals surface area contributed by atoms with Gasteiger partial charge < -0.3 is 29.5 Å². The van der Waals surface area contributed by atoms with E-state index in [9.17, 15) is 27.9 Å². The molecule has 0 radical (unpaired) electrons. The molecule has 18 heteroatoms. The summed E-state index contributed by atoms with van der Waals surface area (Å²) >= 11 is 8.17. The number of likely N-dealkylation sites (N-methyl/N-ethyl adjacent to an activating group) is 1. The molecule has 3 aromatic heterocycles. The van der Waals surface area contributed by atoms with Crippen molar-refractivity contribution in [1.29, 1.82) is 0 Å². The third kappa shape index (κ3) is 9.29. The number of aliphatic carboxylic acids is 1. The van der Waals surface area contributed by atoms with Crippen LogP contribution in [0.2, 0.25) is 5.02 Å². The average molecular weight is 876 g/mol. The first kappa shape index (κ1) is 42.0. The molecule has 2 aliphatic heterocycles. The average Bonchev–Trinajstić information content (AvgIpc) is 3.96. The van der Waals surface area contributed by atoms with Gasteiger partial charge in [0.15, 0.2) is 0 Å². The second kappa shape index (κ2) is 17.7.